The van der Waals surface area contributed by atoms with Crippen molar-refractivity contribution in [2.24, 2.45) is 0 Å². The quantitative estimate of drug-likeness (QED) is 0.581. The molecule has 1 atom stereocenters. The number of hydrogen-bond acceptors (Lipinski definition) is 2. The average Bonchev–Trinajstić information content (AvgIpc) is 2.56. The van der Waals surface area contributed by atoms with Crippen LogP contribution in [0.4, 0.5) is 0 Å². The van der Waals surface area contributed by atoms with Crippen molar-refractivity contribution >= 4 is 13.9 Å². The van der Waals surface area contributed by atoms with E-state index < -0.39 is 5.31 Å². The maximum absolute atomic E-state index is 6.09. The van der Waals surface area contributed by atoms with Gasteiger partial charge in [0.25, 0.3) is 0 Å². The normalized spacial score (nSPS) is 16.4. The summed E-state index contributed by atoms with van der Waals surface area (Å²) in [6, 6.07) is 0. The number of aromatic amines is 1. The third-order valence-electron chi connectivity index (χ3n) is 2.50. The highest BCUT2D eigenvalue weighted by atomic mass is 15.3. The van der Waals surface area contributed by atoms with Gasteiger partial charge in [0.2, 0.25) is 0 Å². The van der Waals surface area contributed by atoms with Gasteiger partial charge in [-0.15, -0.1) is 6.58 Å². The summed E-state index contributed by atoms with van der Waals surface area (Å²) in [6.07, 6.45) is 3.55. The van der Waals surface area contributed by atoms with Crippen molar-refractivity contribution in [3.63, 3.8) is 0 Å². The Balaban J connectivity index is 2.95. The zero-order valence-electron chi connectivity index (χ0n) is 8.83. The molecule has 1 unspecified atom stereocenters. The fraction of sp³-hybridized carbons (Fsp3) is 0.400. The monoisotopic (exact) mass is 187 g/mol. The molecule has 1 rings (SSSR count). The van der Waals surface area contributed by atoms with Gasteiger partial charge in [-0.05, 0) is 25.2 Å². The summed E-state index contributed by atoms with van der Waals surface area (Å²) in [5, 5.41) is 9.71. The molecule has 1 aromatic heterocycles. The van der Waals surface area contributed by atoms with Gasteiger partial charge in [-0.3, -0.25) is 0 Å². The Kier molecular flexibility index (Phi) is 2.94. The molecule has 1 heterocycles. The molecule has 0 aliphatic heterocycles. The van der Waals surface area contributed by atoms with Crippen LogP contribution in [0.2, 0.25) is 5.31 Å². The van der Waals surface area contributed by atoms with Crippen molar-refractivity contribution in [2.45, 2.75) is 26.1 Å². The summed E-state index contributed by atoms with van der Waals surface area (Å²) in [4.78, 5) is 0. The highest BCUT2D eigenvalue weighted by molar-refractivity contribution is 6.19. The van der Waals surface area contributed by atoms with Crippen LogP contribution in [0.1, 0.15) is 26.5 Å². The van der Waals surface area contributed by atoms with E-state index in [4.69, 9.17) is 7.85 Å². The first-order valence-electron chi connectivity index (χ1n) is 4.44. The summed E-state index contributed by atoms with van der Waals surface area (Å²) in [5.74, 6) is 0. The first kappa shape index (κ1) is 10.8. The number of nitrogens with one attached hydrogen (secondary N) is 1. The standard InChI is InChI=1S/C10H14BN3/c1-7(2)10(4,11)8(3)5-9-6-12-14-13-9/h5-6H,1H2,2-4H3,(H,12,13,14)/b8-5+. The Morgan fingerprint density at radius 1 is 1.64 bits per heavy atom. The fourth-order valence-corrected chi connectivity index (χ4v) is 0.988. The summed E-state index contributed by atoms with van der Waals surface area (Å²) in [7, 11) is 6.09. The van der Waals surface area contributed by atoms with E-state index >= 15 is 0 Å². The molecule has 0 saturated carbocycles. The van der Waals surface area contributed by atoms with Gasteiger partial charge in [0.15, 0.2) is 0 Å². The molecule has 1 N–H and O–H groups in total. The first-order valence-corrected chi connectivity index (χ1v) is 4.44. The largest absolute Gasteiger partial charge is 0.197 e. The summed E-state index contributed by atoms with van der Waals surface area (Å²) in [6.45, 7) is 9.68. The predicted molar refractivity (Wildman–Crippen MR) is 59.0 cm³/mol. The minimum Gasteiger partial charge on any atom is -0.197 e. The van der Waals surface area contributed by atoms with Crippen LogP contribution in [0, 0.1) is 0 Å². The van der Waals surface area contributed by atoms with Gasteiger partial charge >= 0.3 is 0 Å². The van der Waals surface area contributed by atoms with E-state index in [2.05, 4.69) is 22.0 Å². The number of hydrogen-bond donors (Lipinski definition) is 1. The Morgan fingerprint density at radius 2 is 2.29 bits per heavy atom. The van der Waals surface area contributed by atoms with Gasteiger partial charge in [-0.1, -0.05) is 18.1 Å². The lowest BCUT2D eigenvalue weighted by Crippen LogP contribution is -2.10. The summed E-state index contributed by atoms with van der Waals surface area (Å²) >= 11 is 0. The molecule has 14 heavy (non-hydrogen) atoms. The molecule has 0 spiro atoms. The van der Waals surface area contributed by atoms with Crippen molar-refractivity contribution in [3.8, 4) is 0 Å². The van der Waals surface area contributed by atoms with Crippen molar-refractivity contribution in [1.82, 2.24) is 15.4 Å². The second-order valence-corrected chi connectivity index (χ2v) is 3.70. The van der Waals surface area contributed by atoms with E-state index in [-0.39, 0.29) is 0 Å². The first-order chi connectivity index (χ1) is 6.44. The van der Waals surface area contributed by atoms with Gasteiger partial charge in [0.1, 0.15) is 5.69 Å². The van der Waals surface area contributed by atoms with E-state index in [9.17, 15) is 0 Å². The molecule has 72 valence electrons. The molecule has 4 heteroatoms. The Bertz CT molecular complexity index is 349. The number of aromatic nitrogens is 3. The third-order valence-corrected chi connectivity index (χ3v) is 2.50. The SMILES string of the molecule is [B]C(C)(C(=C)C)/C(C)=C/c1cn[nH]n1. The molecule has 2 radical (unpaired) electrons. The Hall–Kier alpha value is -1.32. The predicted octanol–water partition coefficient (Wildman–Crippen LogP) is 2.13. The van der Waals surface area contributed by atoms with Gasteiger partial charge in [-0.25, -0.2) is 0 Å². The topological polar surface area (TPSA) is 41.6 Å². The molecule has 3 nitrogen and oxygen atoms in total. The number of H-pyrrole nitrogens is 1. The van der Waals surface area contributed by atoms with Crippen molar-refractivity contribution in [1.29, 1.82) is 0 Å². The van der Waals surface area contributed by atoms with E-state index in [1.807, 2.05) is 26.8 Å². The van der Waals surface area contributed by atoms with Gasteiger partial charge in [0, 0.05) is 0 Å². The van der Waals surface area contributed by atoms with Crippen LogP contribution in [0.15, 0.2) is 23.9 Å². The van der Waals surface area contributed by atoms with Crippen LogP contribution < -0.4 is 0 Å². The average molecular weight is 187 g/mol. The Labute approximate surface area is 85.7 Å². The molecule has 0 fully saturated rings. The summed E-state index contributed by atoms with van der Waals surface area (Å²) in [5.41, 5.74) is 2.72. The molecule has 0 aliphatic carbocycles. The van der Waals surface area contributed by atoms with Crippen molar-refractivity contribution < 1.29 is 0 Å². The Morgan fingerprint density at radius 3 is 2.71 bits per heavy atom. The second kappa shape index (κ2) is 3.82. The molecule has 1 aromatic rings. The number of nitrogens with zero attached hydrogens (tertiary/aromatic N) is 2. The zero-order chi connectivity index (χ0) is 10.8. The van der Waals surface area contributed by atoms with Crippen LogP contribution in [0.3, 0.4) is 0 Å². The maximum Gasteiger partial charge on any atom is 0.105 e. The minimum absolute atomic E-state index is 0.487. The van der Waals surface area contributed by atoms with E-state index in [1.54, 1.807) is 6.20 Å². The van der Waals surface area contributed by atoms with Gasteiger partial charge in [0.05, 0.1) is 14.0 Å². The summed E-state index contributed by atoms with van der Waals surface area (Å²) < 4.78 is 0. The van der Waals surface area contributed by atoms with Crippen molar-refractivity contribution in [3.05, 3.63) is 29.6 Å². The molecule has 0 aromatic carbocycles. The molecular formula is C10H14BN3. The number of rotatable bonds is 3. The lowest BCUT2D eigenvalue weighted by Gasteiger charge is -2.26. The fourth-order valence-electron chi connectivity index (χ4n) is 0.988. The smallest absolute Gasteiger partial charge is 0.105 e. The third kappa shape index (κ3) is 2.13. The lowest BCUT2D eigenvalue weighted by molar-refractivity contribution is 0.836. The second-order valence-electron chi connectivity index (χ2n) is 3.70. The highest BCUT2D eigenvalue weighted by Gasteiger charge is 2.20. The van der Waals surface area contributed by atoms with Crippen LogP contribution in [0.25, 0.3) is 6.08 Å². The maximum atomic E-state index is 6.09. The van der Waals surface area contributed by atoms with E-state index in [0.717, 1.165) is 16.8 Å². The minimum atomic E-state index is -0.487. The molecule has 0 saturated heterocycles. The van der Waals surface area contributed by atoms with E-state index in [1.165, 1.54) is 0 Å². The van der Waals surface area contributed by atoms with Crippen LogP contribution in [-0.2, 0) is 0 Å². The van der Waals surface area contributed by atoms with Gasteiger partial charge < -0.3 is 0 Å². The lowest BCUT2D eigenvalue weighted by atomic mass is 9.61. The number of allylic oxidation sites excluding steroid dienone is 2. The molecule has 0 bridgehead atoms. The van der Waals surface area contributed by atoms with Crippen LogP contribution >= 0.6 is 0 Å². The molecular weight excluding hydrogens is 173 g/mol. The van der Waals surface area contributed by atoms with E-state index in [0.29, 0.717) is 0 Å². The highest BCUT2D eigenvalue weighted by Crippen LogP contribution is 2.38. The zero-order valence-corrected chi connectivity index (χ0v) is 8.83. The van der Waals surface area contributed by atoms with Crippen LogP contribution in [-0.4, -0.2) is 23.3 Å². The molecule has 0 aliphatic rings. The van der Waals surface area contributed by atoms with Crippen molar-refractivity contribution in [2.75, 3.05) is 0 Å². The molecule has 0 amide bonds. The van der Waals surface area contributed by atoms with Crippen LogP contribution in [0.5, 0.6) is 0 Å². The van der Waals surface area contributed by atoms with Gasteiger partial charge in [-0.2, -0.15) is 15.4 Å².